The number of amides is 2. The molecule has 1 atom stereocenters. The second-order valence-electron chi connectivity index (χ2n) is 9.74. The van der Waals surface area contributed by atoms with Crippen LogP contribution in [0.2, 0.25) is 0 Å². The molecule has 5 nitrogen and oxygen atoms in total. The highest BCUT2D eigenvalue weighted by Crippen LogP contribution is 2.45. The van der Waals surface area contributed by atoms with Gasteiger partial charge in [-0.15, -0.1) is 0 Å². The van der Waals surface area contributed by atoms with E-state index in [0.29, 0.717) is 32.5 Å². The fourth-order valence-corrected chi connectivity index (χ4v) is 6.16. The molecule has 2 saturated heterocycles. The molecule has 3 aliphatic rings. The van der Waals surface area contributed by atoms with Crippen LogP contribution in [-0.4, -0.2) is 42.1 Å². The number of likely N-dealkylation sites (tertiary alicyclic amines) is 1. The zero-order valence-corrected chi connectivity index (χ0v) is 18.9. The van der Waals surface area contributed by atoms with Crippen molar-refractivity contribution >= 4 is 12.0 Å². The summed E-state index contributed by atoms with van der Waals surface area (Å²) < 4.78 is 19.4. The first-order valence-corrected chi connectivity index (χ1v) is 12.1. The Labute approximate surface area is 194 Å². The number of carbonyl (C=O) groups is 2. The molecule has 1 N–H and O–H groups in total. The van der Waals surface area contributed by atoms with Gasteiger partial charge in [0.25, 0.3) is 0 Å². The van der Waals surface area contributed by atoms with Crippen molar-refractivity contribution in [3.05, 3.63) is 71.5 Å². The van der Waals surface area contributed by atoms with Gasteiger partial charge in [-0.1, -0.05) is 61.7 Å². The number of nitrogens with zero attached hydrogens (tertiary/aromatic N) is 1. The van der Waals surface area contributed by atoms with Gasteiger partial charge < -0.3 is 15.0 Å². The van der Waals surface area contributed by atoms with Crippen molar-refractivity contribution in [2.24, 2.45) is 0 Å². The molecule has 1 spiro atoms. The van der Waals surface area contributed by atoms with Crippen LogP contribution in [0, 0.1) is 5.82 Å². The molecular formula is C27H31FN2O3. The number of benzene rings is 2. The molecule has 0 aromatic heterocycles. The maximum absolute atomic E-state index is 14.0. The predicted molar refractivity (Wildman–Crippen MR) is 123 cm³/mol. The van der Waals surface area contributed by atoms with E-state index in [1.807, 2.05) is 23.1 Å². The van der Waals surface area contributed by atoms with Gasteiger partial charge in [-0.25, -0.2) is 9.18 Å². The molecule has 33 heavy (non-hydrogen) atoms. The van der Waals surface area contributed by atoms with E-state index in [0.717, 1.165) is 36.8 Å². The van der Waals surface area contributed by atoms with Gasteiger partial charge in [-0.3, -0.25) is 4.79 Å². The monoisotopic (exact) mass is 450 g/mol. The van der Waals surface area contributed by atoms with Gasteiger partial charge in [0.1, 0.15) is 11.4 Å². The van der Waals surface area contributed by atoms with Gasteiger partial charge in [-0.2, -0.15) is 0 Å². The third-order valence-electron chi connectivity index (χ3n) is 7.99. The van der Waals surface area contributed by atoms with Crippen LogP contribution in [-0.2, 0) is 14.9 Å². The van der Waals surface area contributed by atoms with Gasteiger partial charge in [0.15, 0.2) is 0 Å². The number of ether oxygens (including phenoxy) is 1. The van der Waals surface area contributed by atoms with E-state index >= 15 is 0 Å². The Morgan fingerprint density at radius 1 is 0.939 bits per heavy atom. The molecule has 1 unspecified atom stereocenters. The van der Waals surface area contributed by atoms with Crippen LogP contribution in [0.1, 0.15) is 62.0 Å². The zero-order chi connectivity index (χ0) is 22.9. The minimum absolute atomic E-state index is 0.0779. The van der Waals surface area contributed by atoms with Crippen molar-refractivity contribution in [1.29, 1.82) is 0 Å². The summed E-state index contributed by atoms with van der Waals surface area (Å²) in [6.07, 6.45) is 5.82. The molecule has 2 aliphatic heterocycles. The number of piperidine rings is 1. The summed E-state index contributed by atoms with van der Waals surface area (Å²) in [4.78, 5) is 28.1. The van der Waals surface area contributed by atoms with Crippen LogP contribution in [0.15, 0.2) is 54.6 Å². The molecule has 6 heteroatoms. The van der Waals surface area contributed by atoms with E-state index in [1.165, 1.54) is 18.6 Å². The fourth-order valence-electron chi connectivity index (χ4n) is 6.16. The number of nitrogens with one attached hydrogen (secondary N) is 1. The molecule has 2 amide bonds. The van der Waals surface area contributed by atoms with Crippen molar-refractivity contribution in [2.45, 2.75) is 61.9 Å². The summed E-state index contributed by atoms with van der Waals surface area (Å²) in [5, 5.41) is 2.79. The van der Waals surface area contributed by atoms with E-state index in [4.69, 9.17) is 4.74 Å². The first kappa shape index (κ1) is 21.9. The predicted octanol–water partition coefficient (Wildman–Crippen LogP) is 4.91. The second-order valence-corrected chi connectivity index (χ2v) is 9.74. The molecule has 3 fully saturated rings. The summed E-state index contributed by atoms with van der Waals surface area (Å²) in [7, 11) is 0. The maximum Gasteiger partial charge on any atom is 0.407 e. The van der Waals surface area contributed by atoms with Crippen LogP contribution >= 0.6 is 0 Å². The molecule has 0 radical (unpaired) electrons. The summed E-state index contributed by atoms with van der Waals surface area (Å²) in [6, 6.07) is 16.7. The quantitative estimate of drug-likeness (QED) is 0.723. The fraction of sp³-hybridized carbons (Fsp3) is 0.481. The summed E-state index contributed by atoms with van der Waals surface area (Å²) in [5.41, 5.74) is 0.936. The topological polar surface area (TPSA) is 58.6 Å². The van der Waals surface area contributed by atoms with Crippen LogP contribution in [0.4, 0.5) is 9.18 Å². The van der Waals surface area contributed by atoms with Crippen molar-refractivity contribution in [2.75, 3.05) is 19.6 Å². The van der Waals surface area contributed by atoms with Crippen molar-refractivity contribution in [1.82, 2.24) is 10.2 Å². The van der Waals surface area contributed by atoms with Gasteiger partial charge in [0.05, 0.1) is 5.41 Å². The lowest BCUT2D eigenvalue weighted by Crippen LogP contribution is -2.60. The molecule has 2 aromatic rings. The molecule has 1 aliphatic carbocycles. The van der Waals surface area contributed by atoms with Gasteiger partial charge in [0, 0.05) is 38.4 Å². The molecule has 0 bridgehead atoms. The first-order chi connectivity index (χ1) is 16.0. The normalized spacial score (nSPS) is 24.1. The number of hydrogen-bond acceptors (Lipinski definition) is 3. The molecule has 1 saturated carbocycles. The molecular weight excluding hydrogens is 419 g/mol. The Hall–Kier alpha value is -2.89. The van der Waals surface area contributed by atoms with Crippen LogP contribution in [0.25, 0.3) is 0 Å². The smallest absolute Gasteiger partial charge is 0.407 e. The maximum atomic E-state index is 14.0. The highest BCUT2D eigenvalue weighted by molar-refractivity contribution is 5.88. The number of carbonyl (C=O) groups excluding carboxylic acids is 2. The van der Waals surface area contributed by atoms with E-state index in [9.17, 15) is 14.0 Å². The van der Waals surface area contributed by atoms with Crippen molar-refractivity contribution in [3.63, 3.8) is 0 Å². The Morgan fingerprint density at radius 2 is 1.61 bits per heavy atom. The molecule has 174 valence electrons. The zero-order valence-electron chi connectivity index (χ0n) is 18.9. The summed E-state index contributed by atoms with van der Waals surface area (Å²) in [5.74, 6) is -0.152. The summed E-state index contributed by atoms with van der Waals surface area (Å²) >= 11 is 0. The summed E-state index contributed by atoms with van der Waals surface area (Å²) in [6.45, 7) is 1.56. The third kappa shape index (κ3) is 4.00. The Morgan fingerprint density at radius 3 is 2.27 bits per heavy atom. The minimum atomic E-state index is -0.677. The standard InChI is InChI=1S/C27H31FN2O3/c28-22-11-9-20(10-12-22)23-19-29-25(32)33-27(23)15-17-30(18-16-27)24(31)26(13-5-2-6-14-26)21-7-3-1-4-8-21/h1,3-4,7-12,23H,2,5-6,13-19H2,(H,29,32). The van der Waals surface area contributed by atoms with E-state index in [2.05, 4.69) is 17.4 Å². The van der Waals surface area contributed by atoms with Crippen LogP contribution in [0.5, 0.6) is 0 Å². The second kappa shape index (κ2) is 8.81. The van der Waals surface area contributed by atoms with Crippen LogP contribution in [0.3, 0.4) is 0 Å². The lowest BCUT2D eigenvalue weighted by atomic mass is 9.67. The van der Waals surface area contributed by atoms with Gasteiger partial charge in [0.2, 0.25) is 5.91 Å². The van der Waals surface area contributed by atoms with E-state index in [-0.39, 0.29) is 17.6 Å². The average molecular weight is 451 g/mol. The third-order valence-corrected chi connectivity index (χ3v) is 7.99. The van der Waals surface area contributed by atoms with Crippen LogP contribution < -0.4 is 5.32 Å². The highest BCUT2D eigenvalue weighted by atomic mass is 19.1. The van der Waals surface area contributed by atoms with Gasteiger partial charge >= 0.3 is 6.09 Å². The first-order valence-electron chi connectivity index (χ1n) is 12.1. The number of rotatable bonds is 3. The largest absolute Gasteiger partial charge is 0.442 e. The SMILES string of the molecule is O=C1NCC(c2ccc(F)cc2)C2(CCN(C(=O)C3(c4ccccc4)CCCCC3)CC2)O1. The number of halogens is 1. The van der Waals surface area contributed by atoms with Gasteiger partial charge in [-0.05, 0) is 36.1 Å². The Bertz CT molecular complexity index is 994. The number of hydrogen-bond donors (Lipinski definition) is 1. The average Bonchev–Trinajstić information content (AvgIpc) is 2.86. The highest BCUT2D eigenvalue weighted by Gasteiger charge is 2.51. The molecule has 5 rings (SSSR count). The Balaban J connectivity index is 1.38. The molecule has 2 heterocycles. The minimum Gasteiger partial charge on any atom is -0.442 e. The Kier molecular flexibility index (Phi) is 5.85. The molecule has 2 aromatic carbocycles. The van der Waals surface area contributed by atoms with E-state index < -0.39 is 17.1 Å². The van der Waals surface area contributed by atoms with Crippen molar-refractivity contribution < 1.29 is 18.7 Å². The number of alkyl carbamates (subject to hydrolysis) is 1. The van der Waals surface area contributed by atoms with E-state index in [1.54, 1.807) is 12.1 Å². The van der Waals surface area contributed by atoms with Crippen molar-refractivity contribution in [3.8, 4) is 0 Å². The lowest BCUT2D eigenvalue weighted by molar-refractivity contribution is -0.144. The lowest BCUT2D eigenvalue weighted by Gasteiger charge is -2.50.